The van der Waals surface area contributed by atoms with Crippen LogP contribution < -0.4 is 15.3 Å². The maximum atomic E-state index is 14.6. The molecule has 5 N–H and O–H groups in total. The Balaban J connectivity index is 1.35. The molecular formula is C26H33FN5O8P. The summed E-state index contributed by atoms with van der Waals surface area (Å²) in [5.74, 6) is -0.359. The summed E-state index contributed by atoms with van der Waals surface area (Å²) in [6, 6.07) is 10.1. The normalized spacial score (nSPS) is 27.3. The van der Waals surface area contributed by atoms with E-state index in [9.17, 15) is 24.0 Å². The van der Waals surface area contributed by atoms with Crippen molar-refractivity contribution in [3.8, 4) is 5.75 Å². The monoisotopic (exact) mass is 593 g/mol. The van der Waals surface area contributed by atoms with E-state index < -0.39 is 57.0 Å². The van der Waals surface area contributed by atoms with E-state index in [4.69, 9.17) is 24.3 Å². The van der Waals surface area contributed by atoms with Crippen LogP contribution in [0.25, 0.3) is 5.52 Å². The van der Waals surface area contributed by atoms with Gasteiger partial charge in [-0.1, -0.05) is 25.1 Å². The van der Waals surface area contributed by atoms with E-state index in [1.165, 1.54) is 29.9 Å². The number of halogens is 1. The van der Waals surface area contributed by atoms with Gasteiger partial charge in [-0.2, -0.15) is 10.2 Å². The number of nitrogens with one attached hydrogen (secondary N) is 1. The number of carbonyl (C=O) groups excluding carboxylic acids is 1. The highest BCUT2D eigenvalue weighted by atomic mass is 31.2. The number of nitrogens with zero attached hydrogens (tertiary/aromatic N) is 3. The van der Waals surface area contributed by atoms with Gasteiger partial charge in [-0.25, -0.2) is 18.5 Å². The van der Waals surface area contributed by atoms with Gasteiger partial charge in [0, 0.05) is 5.41 Å². The summed E-state index contributed by atoms with van der Waals surface area (Å²) in [5.41, 5.74) is 4.38. The number of fused-ring (bicyclic) bond motifs is 1. The molecule has 3 aromatic rings. The van der Waals surface area contributed by atoms with E-state index in [1.54, 1.807) is 30.3 Å². The van der Waals surface area contributed by atoms with E-state index >= 15 is 0 Å². The number of aromatic nitrogens is 3. The minimum absolute atomic E-state index is 0.0555. The molecule has 1 aliphatic carbocycles. The van der Waals surface area contributed by atoms with E-state index in [0.29, 0.717) is 5.52 Å². The Morgan fingerprint density at radius 3 is 2.68 bits per heavy atom. The van der Waals surface area contributed by atoms with Gasteiger partial charge in [0.05, 0.1) is 18.9 Å². The molecule has 0 amide bonds. The van der Waals surface area contributed by atoms with Gasteiger partial charge in [0.1, 0.15) is 54.2 Å². The summed E-state index contributed by atoms with van der Waals surface area (Å²) in [5, 5.41) is 28.4. The number of esters is 1. The topological polar surface area (TPSA) is 180 Å². The maximum Gasteiger partial charge on any atom is 0.459 e. The number of para-hydroxylation sites is 1. The quantitative estimate of drug-likeness (QED) is 0.178. The lowest BCUT2D eigenvalue weighted by Crippen LogP contribution is -2.49. The minimum Gasteiger partial charge on any atom is -0.464 e. The number of hydrogen-bond acceptors (Lipinski definition) is 11. The first-order valence-electron chi connectivity index (χ1n) is 13.1. The van der Waals surface area contributed by atoms with Gasteiger partial charge >= 0.3 is 13.7 Å². The van der Waals surface area contributed by atoms with Crippen molar-refractivity contribution in [2.75, 3.05) is 25.6 Å². The molecular weight excluding hydrogens is 560 g/mol. The molecule has 41 heavy (non-hydrogen) atoms. The molecule has 222 valence electrons. The second kappa shape index (κ2) is 11.3. The van der Waals surface area contributed by atoms with E-state index in [0.717, 1.165) is 12.8 Å². The van der Waals surface area contributed by atoms with Gasteiger partial charge in [0.15, 0.2) is 5.82 Å². The second-order valence-corrected chi connectivity index (χ2v) is 12.5. The number of benzene rings is 1. The average molecular weight is 594 g/mol. The summed E-state index contributed by atoms with van der Waals surface area (Å²) in [4.78, 5) is 16.5. The van der Waals surface area contributed by atoms with Crippen LogP contribution in [0.3, 0.4) is 0 Å². The van der Waals surface area contributed by atoms with Crippen molar-refractivity contribution in [2.24, 2.45) is 5.41 Å². The van der Waals surface area contributed by atoms with Gasteiger partial charge in [-0.05, 0) is 44.0 Å². The van der Waals surface area contributed by atoms with Crippen LogP contribution in [0.2, 0.25) is 0 Å². The molecule has 3 heterocycles. The molecule has 15 heteroatoms. The molecule has 13 nitrogen and oxygen atoms in total. The van der Waals surface area contributed by atoms with Crippen molar-refractivity contribution >= 4 is 25.1 Å². The van der Waals surface area contributed by atoms with Gasteiger partial charge in [0.25, 0.3) is 0 Å². The van der Waals surface area contributed by atoms with Gasteiger partial charge in [0.2, 0.25) is 0 Å². The number of nitrogen functional groups attached to an aromatic ring is 1. The van der Waals surface area contributed by atoms with Gasteiger partial charge in [-0.15, -0.1) is 0 Å². The molecule has 0 bridgehead atoms. The zero-order valence-corrected chi connectivity index (χ0v) is 23.4. The first kappa shape index (κ1) is 29.4. The molecule has 1 saturated heterocycles. The van der Waals surface area contributed by atoms with Crippen molar-refractivity contribution in [2.45, 2.75) is 56.6 Å². The van der Waals surface area contributed by atoms with Crippen LogP contribution in [0.5, 0.6) is 5.75 Å². The summed E-state index contributed by atoms with van der Waals surface area (Å²) in [6.45, 7) is 1.52. The van der Waals surface area contributed by atoms with Gasteiger partial charge < -0.3 is 29.9 Å². The van der Waals surface area contributed by atoms with Gasteiger partial charge in [-0.3, -0.25) is 9.32 Å². The Hall–Kier alpha value is -3.13. The molecule has 6 atom stereocenters. The van der Waals surface area contributed by atoms with Crippen LogP contribution >= 0.6 is 7.75 Å². The molecule has 2 fully saturated rings. The van der Waals surface area contributed by atoms with Crippen LogP contribution in [0.4, 0.5) is 10.2 Å². The molecule has 1 unspecified atom stereocenters. The van der Waals surface area contributed by atoms with E-state index in [2.05, 4.69) is 15.2 Å². The van der Waals surface area contributed by atoms with Crippen molar-refractivity contribution < 1.29 is 42.5 Å². The molecule has 0 spiro atoms. The average Bonchev–Trinajstić information content (AvgIpc) is 3.44. The molecule has 1 aromatic carbocycles. The van der Waals surface area contributed by atoms with Crippen LogP contribution in [0.1, 0.15) is 38.5 Å². The third-order valence-corrected chi connectivity index (χ3v) is 9.01. The highest BCUT2D eigenvalue weighted by Gasteiger charge is 2.57. The first-order chi connectivity index (χ1) is 19.5. The Morgan fingerprint density at radius 1 is 1.27 bits per heavy atom. The number of carbonyl (C=O) groups is 1. The van der Waals surface area contributed by atoms with Crippen LogP contribution in [-0.4, -0.2) is 74.5 Å². The van der Waals surface area contributed by atoms with Crippen molar-refractivity contribution in [1.82, 2.24) is 19.7 Å². The molecule has 1 saturated carbocycles. The van der Waals surface area contributed by atoms with Crippen LogP contribution in [-0.2, 0) is 23.4 Å². The van der Waals surface area contributed by atoms with E-state index in [1.807, 2.05) is 6.92 Å². The summed E-state index contributed by atoms with van der Waals surface area (Å²) in [7, 11) is -4.41. The number of alkyl halides is 1. The fraction of sp³-hybridized carbons (Fsp3) is 0.500. The summed E-state index contributed by atoms with van der Waals surface area (Å²) >= 11 is 0. The van der Waals surface area contributed by atoms with Crippen LogP contribution in [0, 0.1) is 5.41 Å². The third-order valence-electron chi connectivity index (χ3n) is 7.38. The number of anilines is 1. The number of hydrogen-bond donors (Lipinski definition) is 4. The Labute approximate surface area is 235 Å². The predicted octanol–water partition coefficient (Wildman–Crippen LogP) is 2.34. The maximum absolute atomic E-state index is 14.6. The predicted molar refractivity (Wildman–Crippen MR) is 143 cm³/mol. The highest BCUT2D eigenvalue weighted by Crippen LogP contribution is 2.49. The molecule has 2 aromatic heterocycles. The lowest BCUT2D eigenvalue weighted by Gasteiger charge is -2.31. The summed E-state index contributed by atoms with van der Waals surface area (Å²) < 4.78 is 52.4. The fourth-order valence-electron chi connectivity index (χ4n) is 4.48. The summed E-state index contributed by atoms with van der Waals surface area (Å²) in [6.07, 6.45) is -1.56. The van der Waals surface area contributed by atoms with E-state index in [-0.39, 0.29) is 29.3 Å². The largest absolute Gasteiger partial charge is 0.464 e. The van der Waals surface area contributed by atoms with Crippen molar-refractivity contribution in [3.63, 3.8) is 0 Å². The third kappa shape index (κ3) is 6.08. The van der Waals surface area contributed by atoms with Crippen LogP contribution in [0.15, 0.2) is 48.8 Å². The molecule has 1 aliphatic heterocycles. The number of rotatable bonds is 12. The van der Waals surface area contributed by atoms with Crippen molar-refractivity contribution in [1.29, 1.82) is 0 Å². The number of ether oxygens (including phenoxy) is 2. The lowest BCUT2D eigenvalue weighted by molar-refractivity contribution is -0.147. The Kier molecular flexibility index (Phi) is 8.07. The minimum atomic E-state index is -4.41. The first-order valence-corrected chi connectivity index (χ1v) is 14.6. The number of aliphatic hydroxyl groups is 2. The zero-order chi connectivity index (χ0) is 29.4. The number of aliphatic hydroxyl groups excluding tert-OH is 2. The van der Waals surface area contributed by atoms with Crippen molar-refractivity contribution in [3.05, 3.63) is 54.5 Å². The SMILES string of the molecule is C[C@H](NP(=O)(OC[C@@]1(CF)O[C@@H](c2ccc3c(N)ncnn23)[C@H](O)[C@@H]1O)Oc1ccccc1)C(=O)OCC1(C)CC1. The smallest absolute Gasteiger partial charge is 0.459 e. The molecule has 0 radical (unpaired) electrons. The lowest BCUT2D eigenvalue weighted by atomic mass is 9.96. The standard InChI is InChI=1S/C26H33FN5O8P/c1-16(24(35)37-13-25(2)10-11-25)31-41(36,40-17-6-4-3-5-7-17)38-14-26(12-27)22(34)20(33)21(39-26)18-8-9-19-23(28)29-15-30-32(18)19/h3-9,15-16,20-22,33-34H,10-14H2,1-2H3,(H,31,36)(H2,28,29,30)/t16-,20-,21-,22-,26+,41?/m0/s1. The molecule has 2 aliphatic rings. The Morgan fingerprint density at radius 2 is 2.00 bits per heavy atom. The zero-order valence-electron chi connectivity index (χ0n) is 22.6. The Bertz CT molecular complexity index is 1440. The molecule has 5 rings (SSSR count). The highest BCUT2D eigenvalue weighted by molar-refractivity contribution is 7.52. The number of nitrogens with two attached hydrogens (primary N) is 1. The fourth-order valence-corrected chi connectivity index (χ4v) is 6.03. The second-order valence-electron chi connectivity index (χ2n) is 10.8.